The number of carbonyl (C=O) groups excluding carboxylic acids is 1. The van der Waals surface area contributed by atoms with E-state index < -0.39 is 6.09 Å². The summed E-state index contributed by atoms with van der Waals surface area (Å²) in [4.78, 5) is 17.9. The average molecular weight is 395 g/mol. The van der Waals surface area contributed by atoms with Gasteiger partial charge in [0.25, 0.3) is 0 Å². The zero-order valence-corrected chi connectivity index (χ0v) is 16.1. The molecule has 1 aromatic heterocycles. The molecule has 0 spiro atoms. The minimum atomic E-state index is -0.430. The van der Waals surface area contributed by atoms with Crippen LogP contribution in [0.4, 0.5) is 4.79 Å². The summed E-state index contributed by atoms with van der Waals surface area (Å²) in [6, 6.07) is 13.1. The number of fused-ring (bicyclic) bond motifs is 3. The van der Waals surface area contributed by atoms with Crippen LogP contribution in [0.5, 0.6) is 5.75 Å². The molecule has 5 nitrogen and oxygen atoms in total. The number of H-pyrrole nitrogens is 1. The van der Waals surface area contributed by atoms with Crippen LogP contribution in [0.25, 0.3) is 10.9 Å². The van der Waals surface area contributed by atoms with E-state index in [1.54, 1.807) is 12.0 Å². The van der Waals surface area contributed by atoms with Crippen molar-refractivity contribution in [2.24, 2.45) is 0 Å². The van der Waals surface area contributed by atoms with Crippen molar-refractivity contribution >= 4 is 28.6 Å². The molecule has 1 unspecified atom stereocenters. The van der Waals surface area contributed by atoms with Crippen LogP contribution in [0.3, 0.4) is 0 Å². The van der Waals surface area contributed by atoms with Gasteiger partial charge in [-0.25, -0.2) is 4.79 Å². The largest absolute Gasteiger partial charge is 0.497 e. The van der Waals surface area contributed by atoms with Crippen LogP contribution in [0.2, 0.25) is 5.02 Å². The number of aromatic amines is 1. The number of aromatic nitrogens is 1. The van der Waals surface area contributed by atoms with Gasteiger partial charge in [-0.05, 0) is 47.9 Å². The molecule has 142 valence electrons. The van der Waals surface area contributed by atoms with Crippen molar-refractivity contribution < 1.29 is 14.3 Å². The molecule has 0 bridgehead atoms. The number of hydrogen-bond acceptors (Lipinski definition) is 3. The van der Waals surface area contributed by atoms with E-state index in [2.05, 4.69) is 10.9 Å². The summed E-state index contributed by atoms with van der Waals surface area (Å²) in [5.74, 6) is 3.10. The molecule has 1 atom stereocenters. The first-order valence-electron chi connectivity index (χ1n) is 8.93. The van der Waals surface area contributed by atoms with E-state index in [0.29, 0.717) is 18.0 Å². The number of ether oxygens (including phenoxy) is 2. The number of nitrogens with zero attached hydrogens (tertiary/aromatic N) is 1. The Balaban J connectivity index is 1.83. The van der Waals surface area contributed by atoms with Crippen LogP contribution in [-0.4, -0.2) is 36.2 Å². The molecule has 1 N–H and O–H groups in total. The number of methoxy groups -OCH3 is 1. The average Bonchev–Trinajstić information content (AvgIpc) is 3.09. The third kappa shape index (κ3) is 3.17. The number of carbonyl (C=O) groups is 1. The highest BCUT2D eigenvalue weighted by molar-refractivity contribution is 6.31. The van der Waals surface area contributed by atoms with Crippen molar-refractivity contribution in [1.29, 1.82) is 0 Å². The van der Waals surface area contributed by atoms with E-state index in [1.165, 1.54) is 5.56 Å². The van der Waals surface area contributed by atoms with Crippen molar-refractivity contribution in [2.75, 3.05) is 20.3 Å². The van der Waals surface area contributed by atoms with Gasteiger partial charge in [0.05, 0.1) is 7.11 Å². The van der Waals surface area contributed by atoms with Gasteiger partial charge in [-0.3, -0.25) is 4.90 Å². The topological polar surface area (TPSA) is 54.6 Å². The van der Waals surface area contributed by atoms with Crippen LogP contribution in [0.15, 0.2) is 42.5 Å². The van der Waals surface area contributed by atoms with Gasteiger partial charge in [0.15, 0.2) is 6.61 Å². The summed E-state index contributed by atoms with van der Waals surface area (Å²) in [6.45, 7) is 0.465. The Bertz CT molecular complexity index is 1070. The fourth-order valence-corrected chi connectivity index (χ4v) is 3.95. The Morgan fingerprint density at radius 1 is 1.32 bits per heavy atom. The molecular formula is C22H19ClN2O3. The quantitative estimate of drug-likeness (QED) is 0.663. The van der Waals surface area contributed by atoms with E-state index in [4.69, 9.17) is 27.5 Å². The summed E-state index contributed by atoms with van der Waals surface area (Å²) in [5, 5.41) is 1.77. The molecule has 2 aromatic carbocycles. The Hall–Kier alpha value is -3.10. The van der Waals surface area contributed by atoms with Gasteiger partial charge >= 0.3 is 6.09 Å². The normalized spacial score (nSPS) is 15.8. The molecule has 1 aliphatic rings. The molecule has 0 aliphatic carbocycles. The van der Waals surface area contributed by atoms with E-state index in [0.717, 1.165) is 27.9 Å². The summed E-state index contributed by atoms with van der Waals surface area (Å²) < 4.78 is 10.5. The first kappa shape index (κ1) is 18.3. The van der Waals surface area contributed by atoms with Gasteiger partial charge in [0.2, 0.25) is 0 Å². The Labute approximate surface area is 168 Å². The van der Waals surface area contributed by atoms with Gasteiger partial charge in [-0.1, -0.05) is 29.7 Å². The molecule has 4 rings (SSSR count). The zero-order chi connectivity index (χ0) is 19.7. The molecule has 2 heterocycles. The number of hydrogen-bond donors (Lipinski definition) is 1. The van der Waals surface area contributed by atoms with Crippen molar-refractivity contribution in [1.82, 2.24) is 9.88 Å². The maximum atomic E-state index is 12.7. The third-order valence-corrected chi connectivity index (χ3v) is 5.27. The van der Waals surface area contributed by atoms with Crippen LogP contribution in [0, 0.1) is 12.3 Å². The predicted octanol–water partition coefficient (Wildman–Crippen LogP) is 4.55. The fraction of sp³-hybridized carbons (Fsp3) is 0.227. The third-order valence-electron chi connectivity index (χ3n) is 5.03. The first-order valence-corrected chi connectivity index (χ1v) is 9.31. The van der Waals surface area contributed by atoms with Gasteiger partial charge in [-0.15, -0.1) is 6.42 Å². The van der Waals surface area contributed by atoms with Crippen molar-refractivity contribution in [3.8, 4) is 18.1 Å². The minimum absolute atomic E-state index is 0.0557. The van der Waals surface area contributed by atoms with E-state index in [1.807, 2.05) is 42.5 Å². The number of terminal acetylenes is 1. The van der Waals surface area contributed by atoms with Crippen LogP contribution < -0.4 is 4.74 Å². The van der Waals surface area contributed by atoms with Crippen molar-refractivity contribution in [2.45, 2.75) is 12.5 Å². The second-order valence-electron chi connectivity index (χ2n) is 6.58. The lowest BCUT2D eigenvalue weighted by Crippen LogP contribution is -2.41. The first-order chi connectivity index (χ1) is 13.6. The molecule has 28 heavy (non-hydrogen) atoms. The second kappa shape index (κ2) is 7.49. The number of halogens is 1. The highest BCUT2D eigenvalue weighted by Crippen LogP contribution is 2.39. The Morgan fingerprint density at radius 3 is 2.82 bits per heavy atom. The van der Waals surface area contributed by atoms with Gasteiger partial charge in [0.1, 0.15) is 11.8 Å². The lowest BCUT2D eigenvalue weighted by Gasteiger charge is -2.35. The molecule has 0 radical (unpaired) electrons. The van der Waals surface area contributed by atoms with Crippen LogP contribution in [-0.2, 0) is 11.2 Å². The van der Waals surface area contributed by atoms with Gasteiger partial charge < -0.3 is 14.5 Å². The molecule has 6 heteroatoms. The minimum Gasteiger partial charge on any atom is -0.497 e. The summed E-state index contributed by atoms with van der Waals surface area (Å²) >= 11 is 6.21. The highest BCUT2D eigenvalue weighted by Gasteiger charge is 2.35. The van der Waals surface area contributed by atoms with Crippen LogP contribution >= 0.6 is 11.6 Å². The van der Waals surface area contributed by atoms with Gasteiger partial charge in [0, 0.05) is 28.2 Å². The summed E-state index contributed by atoms with van der Waals surface area (Å²) in [5.41, 5.74) is 4.08. The van der Waals surface area contributed by atoms with E-state index >= 15 is 0 Å². The van der Waals surface area contributed by atoms with E-state index in [-0.39, 0.29) is 12.6 Å². The van der Waals surface area contributed by atoms with E-state index in [9.17, 15) is 4.79 Å². The predicted molar refractivity (Wildman–Crippen MR) is 109 cm³/mol. The molecule has 0 fully saturated rings. The maximum absolute atomic E-state index is 12.7. The Morgan fingerprint density at radius 2 is 2.11 bits per heavy atom. The number of rotatable bonds is 3. The maximum Gasteiger partial charge on any atom is 0.411 e. The molecule has 0 saturated carbocycles. The SMILES string of the molecule is C#CCOC(=O)N1CCc2c([nH]c3ccc(Cl)cc23)C1c1ccc(OC)cc1. The van der Waals surface area contributed by atoms with Gasteiger partial charge in [-0.2, -0.15) is 0 Å². The lowest BCUT2D eigenvalue weighted by molar-refractivity contribution is 0.0993. The molecule has 3 aromatic rings. The molecule has 1 amide bonds. The van der Waals surface area contributed by atoms with Crippen molar-refractivity contribution in [3.63, 3.8) is 0 Å². The zero-order valence-electron chi connectivity index (χ0n) is 15.4. The Kier molecular flexibility index (Phi) is 4.89. The second-order valence-corrected chi connectivity index (χ2v) is 7.02. The van der Waals surface area contributed by atoms with Crippen LogP contribution in [0.1, 0.15) is 22.9 Å². The smallest absolute Gasteiger partial charge is 0.411 e. The number of benzene rings is 2. The number of nitrogens with one attached hydrogen (secondary N) is 1. The summed E-state index contributed by atoms with van der Waals surface area (Å²) in [7, 11) is 1.62. The lowest BCUT2D eigenvalue weighted by atomic mass is 9.92. The fourth-order valence-electron chi connectivity index (χ4n) is 3.78. The standard InChI is InChI=1S/C22H19ClN2O3/c1-3-12-28-22(26)25-11-10-17-18-13-15(23)6-9-19(18)24-20(17)21(25)14-4-7-16(27-2)8-5-14/h1,4-9,13,21,24H,10-12H2,2H3. The molecule has 0 saturated heterocycles. The number of amides is 1. The highest BCUT2D eigenvalue weighted by atomic mass is 35.5. The molecule has 1 aliphatic heterocycles. The summed E-state index contributed by atoms with van der Waals surface area (Å²) in [6.07, 6.45) is 5.52. The monoisotopic (exact) mass is 394 g/mol. The molecular weight excluding hydrogens is 376 g/mol. The van der Waals surface area contributed by atoms with Crippen molar-refractivity contribution in [3.05, 3.63) is 64.3 Å².